The highest BCUT2D eigenvalue weighted by Gasteiger charge is 2.31. The molecular weight excluding hydrogens is 401 g/mol. The highest BCUT2D eigenvalue weighted by molar-refractivity contribution is 5.87. The van der Waals surface area contributed by atoms with Crippen molar-refractivity contribution in [2.75, 3.05) is 7.11 Å². The van der Waals surface area contributed by atoms with E-state index in [1.54, 1.807) is 6.07 Å². The lowest BCUT2D eigenvalue weighted by molar-refractivity contribution is -0.274. The largest absolute Gasteiger partial charge is 0.573 e. The van der Waals surface area contributed by atoms with Crippen LogP contribution in [0.15, 0.2) is 48.5 Å². The molecule has 160 valence electrons. The van der Waals surface area contributed by atoms with E-state index in [-0.39, 0.29) is 12.2 Å². The molecule has 0 aliphatic rings. The maximum atomic E-state index is 12.5. The smallest absolute Gasteiger partial charge is 0.406 e. The van der Waals surface area contributed by atoms with E-state index in [1.165, 1.54) is 25.3 Å². The maximum absolute atomic E-state index is 12.5. The molecule has 0 saturated carbocycles. The molecule has 0 saturated heterocycles. The van der Waals surface area contributed by atoms with Crippen molar-refractivity contribution in [1.82, 2.24) is 4.57 Å². The van der Waals surface area contributed by atoms with Gasteiger partial charge in [0.25, 0.3) is 0 Å². The fourth-order valence-electron chi connectivity index (χ4n) is 3.43. The summed E-state index contributed by atoms with van der Waals surface area (Å²) in [5, 5.41) is 0.901. The summed E-state index contributed by atoms with van der Waals surface area (Å²) < 4.78 is 43.6. The molecule has 2 N–H and O–H groups in total. The zero-order chi connectivity index (χ0) is 21.9. The van der Waals surface area contributed by atoms with Gasteiger partial charge in [0.1, 0.15) is 11.8 Å². The number of rotatable bonds is 7. The number of nitrogens with two attached hydrogens (primary N) is 1. The van der Waals surface area contributed by atoms with Crippen molar-refractivity contribution in [3.8, 4) is 5.75 Å². The van der Waals surface area contributed by atoms with Gasteiger partial charge in [0.15, 0.2) is 0 Å². The summed E-state index contributed by atoms with van der Waals surface area (Å²) in [4.78, 5) is 20.7. The molecule has 3 rings (SSSR count). The van der Waals surface area contributed by atoms with Gasteiger partial charge in [-0.2, -0.15) is 4.89 Å². The number of carbonyl (C=O) groups excluding carboxylic acids is 1. The summed E-state index contributed by atoms with van der Waals surface area (Å²) in [6.07, 6.45) is -4.53. The Balaban J connectivity index is 1.95. The van der Waals surface area contributed by atoms with Crippen molar-refractivity contribution in [3.63, 3.8) is 0 Å². The van der Waals surface area contributed by atoms with E-state index in [4.69, 9.17) is 5.73 Å². The minimum absolute atomic E-state index is 0.221. The lowest BCUT2D eigenvalue weighted by Crippen LogP contribution is -2.34. The third-order valence-electron chi connectivity index (χ3n) is 4.73. The zero-order valence-electron chi connectivity index (χ0n) is 16.4. The van der Waals surface area contributed by atoms with Gasteiger partial charge in [0.05, 0.1) is 7.11 Å². The molecule has 0 fully saturated rings. The molecular formula is C21H21F3N2O4. The highest BCUT2D eigenvalue weighted by atomic mass is 19.4. The fraction of sp³-hybridized carbons (Fsp3) is 0.286. The number of ether oxygens (including phenoxy) is 1. The molecule has 1 atom stereocenters. The number of fused-ring (bicyclic) bond motifs is 1. The van der Waals surface area contributed by atoms with Gasteiger partial charge in [0, 0.05) is 29.6 Å². The van der Waals surface area contributed by atoms with Gasteiger partial charge >= 0.3 is 12.3 Å². The Labute approximate surface area is 170 Å². The monoisotopic (exact) mass is 422 g/mol. The summed E-state index contributed by atoms with van der Waals surface area (Å²) in [5.74, 6) is -0.968. The molecule has 0 aliphatic carbocycles. The van der Waals surface area contributed by atoms with Crippen molar-refractivity contribution in [2.45, 2.75) is 32.3 Å². The summed E-state index contributed by atoms with van der Waals surface area (Å²) in [7, 11) is 1.22. The fourth-order valence-corrected chi connectivity index (χ4v) is 3.43. The van der Waals surface area contributed by atoms with Gasteiger partial charge in [0.2, 0.25) is 0 Å². The number of alkyl halides is 3. The topological polar surface area (TPSA) is 75.7 Å². The Kier molecular flexibility index (Phi) is 6.33. The molecule has 0 aliphatic heterocycles. The predicted octanol–water partition coefficient (Wildman–Crippen LogP) is 3.87. The molecule has 30 heavy (non-hydrogen) atoms. The third-order valence-corrected chi connectivity index (χ3v) is 4.73. The van der Waals surface area contributed by atoms with Crippen LogP contribution in [-0.4, -0.2) is 30.1 Å². The quantitative estimate of drug-likeness (QED) is 0.462. The number of benzene rings is 2. The van der Waals surface area contributed by atoms with Gasteiger partial charge in [-0.1, -0.05) is 30.3 Å². The Morgan fingerprint density at radius 1 is 1.17 bits per heavy atom. The Bertz CT molecular complexity index is 1050. The van der Waals surface area contributed by atoms with Crippen molar-refractivity contribution >= 4 is 16.9 Å². The van der Waals surface area contributed by atoms with Gasteiger partial charge in [-0.25, -0.2) is 4.79 Å². The Morgan fingerprint density at radius 2 is 1.90 bits per heavy atom. The number of halogens is 3. The molecule has 3 aromatic rings. The van der Waals surface area contributed by atoms with E-state index in [1.807, 2.05) is 35.8 Å². The molecule has 0 bridgehead atoms. The summed E-state index contributed by atoms with van der Waals surface area (Å²) in [6.45, 7) is 2.19. The second-order valence-corrected chi connectivity index (χ2v) is 6.74. The van der Waals surface area contributed by atoms with Gasteiger partial charge in [-0.05, 0) is 36.2 Å². The first-order valence-corrected chi connectivity index (χ1v) is 9.11. The van der Waals surface area contributed by atoms with Crippen LogP contribution in [0.5, 0.6) is 5.75 Å². The molecule has 9 heteroatoms. The summed E-state index contributed by atoms with van der Waals surface area (Å²) in [6, 6.07) is 12.5. The van der Waals surface area contributed by atoms with Crippen molar-refractivity contribution in [3.05, 3.63) is 65.4 Å². The van der Waals surface area contributed by atoms with E-state index in [0.29, 0.717) is 12.1 Å². The van der Waals surface area contributed by atoms with E-state index < -0.39 is 18.4 Å². The minimum Gasteiger partial charge on any atom is -0.406 e. The molecule has 0 unspecified atom stereocenters. The number of hydrogen-bond acceptors (Lipinski definition) is 5. The third kappa shape index (κ3) is 4.92. The number of carbonyl (C=O) groups is 1. The number of hydrogen-bond donors (Lipinski definition) is 1. The molecule has 0 spiro atoms. The van der Waals surface area contributed by atoms with E-state index in [2.05, 4.69) is 14.5 Å². The first-order valence-electron chi connectivity index (χ1n) is 9.11. The number of aromatic nitrogens is 1. The van der Waals surface area contributed by atoms with E-state index >= 15 is 0 Å². The Morgan fingerprint density at radius 3 is 2.60 bits per heavy atom. The average Bonchev–Trinajstić information content (AvgIpc) is 2.93. The van der Waals surface area contributed by atoms with Crippen LogP contribution < -0.4 is 10.5 Å². The zero-order valence-corrected chi connectivity index (χ0v) is 16.4. The highest BCUT2D eigenvalue weighted by Crippen LogP contribution is 2.29. The standard InChI is InChI=1S/C21H21F3N2O4/c1-13-17(11-18(25)20(27)30-28-2)16-8-3-4-9-19(16)26(13)12-14-6-5-7-15(10-14)29-21(22,23)24/h3-10,18H,11-12,25H2,1-2H3/t18-/m0/s1. The molecule has 6 nitrogen and oxygen atoms in total. The number of nitrogens with zero attached hydrogens (tertiary/aromatic N) is 1. The van der Waals surface area contributed by atoms with Crippen LogP contribution in [0.3, 0.4) is 0 Å². The lowest BCUT2D eigenvalue weighted by Gasteiger charge is -2.13. The Hall–Kier alpha value is -3.04. The van der Waals surface area contributed by atoms with Crippen LogP contribution in [0.4, 0.5) is 13.2 Å². The van der Waals surface area contributed by atoms with E-state index in [0.717, 1.165) is 22.2 Å². The summed E-state index contributed by atoms with van der Waals surface area (Å²) >= 11 is 0. The first kappa shape index (κ1) is 21.7. The van der Waals surface area contributed by atoms with Crippen LogP contribution in [0.25, 0.3) is 10.9 Å². The van der Waals surface area contributed by atoms with Crippen molar-refractivity contribution in [1.29, 1.82) is 0 Å². The lowest BCUT2D eigenvalue weighted by atomic mass is 10.0. The van der Waals surface area contributed by atoms with Gasteiger partial charge in [-0.15, -0.1) is 13.2 Å². The second-order valence-electron chi connectivity index (χ2n) is 6.74. The van der Waals surface area contributed by atoms with Crippen LogP contribution >= 0.6 is 0 Å². The van der Waals surface area contributed by atoms with Crippen LogP contribution in [0.2, 0.25) is 0 Å². The predicted molar refractivity (Wildman–Crippen MR) is 104 cm³/mol. The van der Waals surface area contributed by atoms with Crippen molar-refractivity contribution < 1.29 is 32.5 Å². The van der Waals surface area contributed by atoms with Crippen LogP contribution in [0.1, 0.15) is 16.8 Å². The minimum atomic E-state index is -4.76. The molecule has 0 radical (unpaired) electrons. The average molecular weight is 422 g/mol. The van der Waals surface area contributed by atoms with E-state index in [9.17, 15) is 18.0 Å². The van der Waals surface area contributed by atoms with Crippen LogP contribution in [0, 0.1) is 6.92 Å². The normalized spacial score (nSPS) is 12.7. The molecule has 2 aromatic carbocycles. The molecule has 0 amide bonds. The van der Waals surface area contributed by atoms with Crippen LogP contribution in [-0.2, 0) is 27.5 Å². The maximum Gasteiger partial charge on any atom is 0.573 e. The van der Waals surface area contributed by atoms with Crippen molar-refractivity contribution in [2.24, 2.45) is 5.73 Å². The molecule has 1 aromatic heterocycles. The molecule has 1 heterocycles. The van der Waals surface area contributed by atoms with Gasteiger partial charge in [-0.3, -0.25) is 4.89 Å². The SMILES string of the molecule is COOC(=O)[C@@H](N)Cc1c(C)n(Cc2cccc(OC(F)(F)F)c2)c2ccccc12. The first-order chi connectivity index (χ1) is 14.2. The second kappa shape index (κ2) is 8.76. The van der Waals surface area contributed by atoms with Gasteiger partial charge < -0.3 is 15.0 Å². The number of para-hydroxylation sites is 1. The summed E-state index contributed by atoms with van der Waals surface area (Å²) in [5.41, 5.74) is 9.16.